The van der Waals surface area contributed by atoms with Crippen molar-refractivity contribution in [2.75, 3.05) is 0 Å². The third kappa shape index (κ3) is 1.86. The van der Waals surface area contributed by atoms with Crippen LogP contribution in [0.5, 0.6) is 0 Å². The highest BCUT2D eigenvalue weighted by molar-refractivity contribution is 5.76. The molecule has 0 spiro atoms. The molecule has 0 saturated heterocycles. The molecule has 0 radical (unpaired) electrons. The SMILES string of the molecule is CC(C)c1ccc2ncn(C3CCCC3)c2c1. The molecule has 0 unspecified atom stereocenters. The fourth-order valence-corrected chi connectivity index (χ4v) is 2.88. The van der Waals surface area contributed by atoms with E-state index in [2.05, 4.69) is 41.6 Å². The van der Waals surface area contributed by atoms with Gasteiger partial charge in [0.1, 0.15) is 0 Å². The molecule has 1 aliphatic carbocycles. The lowest BCUT2D eigenvalue weighted by molar-refractivity contribution is 0.532. The minimum Gasteiger partial charge on any atom is -0.327 e. The summed E-state index contributed by atoms with van der Waals surface area (Å²) in [6.07, 6.45) is 7.40. The van der Waals surface area contributed by atoms with Crippen molar-refractivity contribution in [2.24, 2.45) is 0 Å². The van der Waals surface area contributed by atoms with Gasteiger partial charge < -0.3 is 4.57 Å². The molecule has 0 aliphatic heterocycles. The van der Waals surface area contributed by atoms with Crippen LogP contribution in [-0.2, 0) is 0 Å². The van der Waals surface area contributed by atoms with Crippen molar-refractivity contribution in [1.82, 2.24) is 9.55 Å². The molecule has 1 fully saturated rings. The van der Waals surface area contributed by atoms with Gasteiger partial charge in [-0.05, 0) is 36.5 Å². The van der Waals surface area contributed by atoms with Crippen molar-refractivity contribution >= 4 is 11.0 Å². The van der Waals surface area contributed by atoms with Crippen LogP contribution in [0.15, 0.2) is 24.5 Å². The number of fused-ring (bicyclic) bond motifs is 1. The fraction of sp³-hybridized carbons (Fsp3) is 0.533. The third-order valence-electron chi connectivity index (χ3n) is 3.98. The summed E-state index contributed by atoms with van der Waals surface area (Å²) in [5, 5.41) is 0. The lowest BCUT2D eigenvalue weighted by Gasteiger charge is -2.13. The van der Waals surface area contributed by atoms with Crippen LogP contribution in [0.2, 0.25) is 0 Å². The normalized spacial score (nSPS) is 17.4. The maximum atomic E-state index is 4.53. The number of imidazole rings is 1. The number of nitrogens with zero attached hydrogens (tertiary/aromatic N) is 2. The van der Waals surface area contributed by atoms with E-state index in [1.165, 1.54) is 36.8 Å². The van der Waals surface area contributed by atoms with Crippen molar-refractivity contribution in [1.29, 1.82) is 0 Å². The molecule has 2 heteroatoms. The molecule has 0 bridgehead atoms. The Labute approximate surface area is 103 Å². The second-order valence-corrected chi connectivity index (χ2v) is 5.49. The number of rotatable bonds is 2. The summed E-state index contributed by atoms with van der Waals surface area (Å²) in [4.78, 5) is 4.53. The van der Waals surface area contributed by atoms with Gasteiger partial charge in [-0.1, -0.05) is 32.8 Å². The number of hydrogen-bond donors (Lipinski definition) is 0. The molecule has 1 saturated carbocycles. The number of benzene rings is 1. The first-order chi connectivity index (χ1) is 8.25. The maximum Gasteiger partial charge on any atom is 0.0960 e. The van der Waals surface area contributed by atoms with E-state index in [4.69, 9.17) is 0 Å². The Kier molecular flexibility index (Phi) is 2.65. The smallest absolute Gasteiger partial charge is 0.0960 e. The average molecular weight is 228 g/mol. The van der Waals surface area contributed by atoms with E-state index >= 15 is 0 Å². The average Bonchev–Trinajstić information content (AvgIpc) is 2.96. The van der Waals surface area contributed by atoms with E-state index in [1.807, 2.05) is 6.33 Å². The molecule has 17 heavy (non-hydrogen) atoms. The highest BCUT2D eigenvalue weighted by atomic mass is 15.1. The number of aromatic nitrogens is 2. The standard InChI is InChI=1S/C15H20N2/c1-11(2)12-7-8-14-15(9-12)17(10-16-14)13-5-3-4-6-13/h7-11,13H,3-6H2,1-2H3. The molecule has 1 aromatic carbocycles. The van der Waals surface area contributed by atoms with Crippen LogP contribution >= 0.6 is 0 Å². The van der Waals surface area contributed by atoms with Crippen LogP contribution in [0.1, 0.15) is 57.1 Å². The molecule has 0 amide bonds. The third-order valence-corrected chi connectivity index (χ3v) is 3.98. The Morgan fingerprint density at radius 1 is 1.24 bits per heavy atom. The summed E-state index contributed by atoms with van der Waals surface area (Å²) < 4.78 is 2.40. The molecule has 0 atom stereocenters. The second kappa shape index (κ2) is 4.17. The summed E-state index contributed by atoms with van der Waals surface area (Å²) in [6, 6.07) is 7.38. The van der Waals surface area contributed by atoms with E-state index in [9.17, 15) is 0 Å². The van der Waals surface area contributed by atoms with Crippen molar-refractivity contribution in [3.05, 3.63) is 30.1 Å². The molecule has 90 valence electrons. The van der Waals surface area contributed by atoms with E-state index in [0.717, 1.165) is 5.52 Å². The predicted molar refractivity (Wildman–Crippen MR) is 71.3 cm³/mol. The minimum absolute atomic E-state index is 0.589. The van der Waals surface area contributed by atoms with Gasteiger partial charge in [-0.15, -0.1) is 0 Å². The van der Waals surface area contributed by atoms with Crippen molar-refractivity contribution in [3.8, 4) is 0 Å². The predicted octanol–water partition coefficient (Wildman–Crippen LogP) is 4.27. The number of hydrogen-bond acceptors (Lipinski definition) is 1. The first-order valence-corrected chi connectivity index (χ1v) is 6.72. The molecule has 1 heterocycles. The highest BCUT2D eigenvalue weighted by Crippen LogP contribution is 2.32. The minimum atomic E-state index is 0.589. The van der Waals surface area contributed by atoms with Gasteiger partial charge >= 0.3 is 0 Å². The van der Waals surface area contributed by atoms with Crippen LogP contribution in [0, 0.1) is 0 Å². The van der Waals surface area contributed by atoms with E-state index < -0.39 is 0 Å². The first kappa shape index (κ1) is 10.8. The molecule has 3 rings (SSSR count). The van der Waals surface area contributed by atoms with Gasteiger partial charge in [0, 0.05) is 6.04 Å². The van der Waals surface area contributed by atoms with Gasteiger partial charge in [-0.3, -0.25) is 0 Å². The fourth-order valence-electron chi connectivity index (χ4n) is 2.88. The lowest BCUT2D eigenvalue weighted by Crippen LogP contribution is -2.02. The largest absolute Gasteiger partial charge is 0.327 e. The molecular formula is C15H20N2. The quantitative estimate of drug-likeness (QED) is 0.750. The Bertz CT molecular complexity index is 519. The Balaban J connectivity index is 2.08. The zero-order chi connectivity index (χ0) is 11.8. The topological polar surface area (TPSA) is 17.8 Å². The summed E-state index contributed by atoms with van der Waals surface area (Å²) in [5.41, 5.74) is 3.88. The van der Waals surface area contributed by atoms with Gasteiger partial charge in [-0.25, -0.2) is 4.98 Å². The van der Waals surface area contributed by atoms with Gasteiger partial charge in [0.05, 0.1) is 17.4 Å². The molecule has 0 N–H and O–H groups in total. The van der Waals surface area contributed by atoms with Crippen molar-refractivity contribution in [3.63, 3.8) is 0 Å². The van der Waals surface area contributed by atoms with Crippen LogP contribution in [0.3, 0.4) is 0 Å². The maximum absolute atomic E-state index is 4.53. The van der Waals surface area contributed by atoms with Gasteiger partial charge in [0.2, 0.25) is 0 Å². The molecule has 2 nitrogen and oxygen atoms in total. The van der Waals surface area contributed by atoms with Crippen molar-refractivity contribution < 1.29 is 0 Å². The Morgan fingerprint density at radius 2 is 2.00 bits per heavy atom. The van der Waals surface area contributed by atoms with Crippen LogP contribution in [0.25, 0.3) is 11.0 Å². The van der Waals surface area contributed by atoms with E-state index in [1.54, 1.807) is 0 Å². The summed E-state index contributed by atoms with van der Waals surface area (Å²) in [7, 11) is 0. The molecule has 2 aromatic rings. The second-order valence-electron chi connectivity index (χ2n) is 5.49. The van der Waals surface area contributed by atoms with Crippen LogP contribution < -0.4 is 0 Å². The van der Waals surface area contributed by atoms with Gasteiger partial charge in [0.15, 0.2) is 0 Å². The first-order valence-electron chi connectivity index (χ1n) is 6.72. The lowest BCUT2D eigenvalue weighted by atomic mass is 10.0. The highest BCUT2D eigenvalue weighted by Gasteiger charge is 2.18. The molecule has 1 aliphatic rings. The zero-order valence-electron chi connectivity index (χ0n) is 10.7. The Hall–Kier alpha value is -1.31. The van der Waals surface area contributed by atoms with Crippen LogP contribution in [-0.4, -0.2) is 9.55 Å². The van der Waals surface area contributed by atoms with E-state index in [-0.39, 0.29) is 0 Å². The van der Waals surface area contributed by atoms with Gasteiger partial charge in [-0.2, -0.15) is 0 Å². The monoisotopic (exact) mass is 228 g/mol. The van der Waals surface area contributed by atoms with Gasteiger partial charge in [0.25, 0.3) is 0 Å². The molecule has 1 aromatic heterocycles. The van der Waals surface area contributed by atoms with E-state index in [0.29, 0.717) is 12.0 Å². The summed E-state index contributed by atoms with van der Waals surface area (Å²) in [5.74, 6) is 0.589. The Morgan fingerprint density at radius 3 is 2.71 bits per heavy atom. The summed E-state index contributed by atoms with van der Waals surface area (Å²) in [6.45, 7) is 4.49. The van der Waals surface area contributed by atoms with Crippen LogP contribution in [0.4, 0.5) is 0 Å². The van der Waals surface area contributed by atoms with Crippen molar-refractivity contribution in [2.45, 2.75) is 51.5 Å². The summed E-state index contributed by atoms with van der Waals surface area (Å²) >= 11 is 0. The molecular weight excluding hydrogens is 208 g/mol. The zero-order valence-corrected chi connectivity index (χ0v) is 10.7.